The lowest BCUT2D eigenvalue weighted by Crippen LogP contribution is -2.29. The minimum atomic E-state index is -4.87. The third-order valence-electron chi connectivity index (χ3n) is 6.52. The van der Waals surface area contributed by atoms with Crippen LogP contribution in [-0.2, 0) is 12.7 Å². The van der Waals surface area contributed by atoms with Crippen molar-refractivity contribution >= 4 is 0 Å². The molecule has 0 aliphatic heterocycles. The Balaban J connectivity index is 1.69. The van der Waals surface area contributed by atoms with E-state index in [1.807, 2.05) is 32.0 Å². The summed E-state index contributed by atoms with van der Waals surface area (Å²) in [6.45, 7) is 6.54. The van der Waals surface area contributed by atoms with Crippen molar-refractivity contribution in [1.29, 1.82) is 5.26 Å². The van der Waals surface area contributed by atoms with Gasteiger partial charge in [0, 0.05) is 0 Å². The van der Waals surface area contributed by atoms with E-state index < -0.39 is 22.9 Å². The quantitative estimate of drug-likeness (QED) is 0.199. The third kappa shape index (κ3) is 6.55. The summed E-state index contributed by atoms with van der Waals surface area (Å²) in [6, 6.07) is 21.6. The lowest BCUT2D eigenvalue weighted by molar-refractivity contribution is -0.137. The summed E-state index contributed by atoms with van der Waals surface area (Å²) in [6.07, 6.45) is -2.86. The van der Waals surface area contributed by atoms with Gasteiger partial charge in [-0.1, -0.05) is 37.1 Å². The molecule has 0 atom stereocenters. The van der Waals surface area contributed by atoms with Gasteiger partial charge in [0.05, 0.1) is 24.4 Å². The van der Waals surface area contributed by atoms with Crippen molar-refractivity contribution < 1.29 is 22.6 Å². The molecule has 4 aromatic rings. The molecular weight excluding hydrogens is 517 g/mol. The van der Waals surface area contributed by atoms with E-state index in [1.165, 1.54) is 10.6 Å². The molecule has 0 N–H and O–H groups in total. The molecule has 0 fully saturated rings. The number of alkyl halides is 3. The first kappa shape index (κ1) is 28.5. The summed E-state index contributed by atoms with van der Waals surface area (Å²) in [7, 11) is 0. The Morgan fingerprint density at radius 2 is 1.52 bits per heavy atom. The van der Waals surface area contributed by atoms with Gasteiger partial charge in [-0.05, 0) is 91.6 Å². The molecule has 0 saturated heterocycles. The van der Waals surface area contributed by atoms with Crippen molar-refractivity contribution in [2.75, 3.05) is 6.61 Å². The van der Waals surface area contributed by atoms with Gasteiger partial charge in [-0.15, -0.1) is 0 Å². The lowest BCUT2D eigenvalue weighted by atomic mass is 10.0. The van der Waals surface area contributed by atoms with Gasteiger partial charge in [-0.3, -0.25) is 4.79 Å². The number of rotatable bonds is 9. The van der Waals surface area contributed by atoms with Gasteiger partial charge in [-0.25, -0.2) is 0 Å². The summed E-state index contributed by atoms with van der Waals surface area (Å²) >= 11 is 0. The monoisotopic (exact) mass is 546 g/mol. The van der Waals surface area contributed by atoms with E-state index >= 15 is 0 Å². The second-order valence-corrected chi connectivity index (χ2v) is 9.55. The van der Waals surface area contributed by atoms with Crippen LogP contribution in [0, 0.1) is 25.2 Å². The first-order valence-electron chi connectivity index (χ1n) is 12.9. The predicted octanol–water partition coefficient (Wildman–Crippen LogP) is 8.04. The zero-order valence-electron chi connectivity index (χ0n) is 22.5. The number of pyridine rings is 1. The highest BCUT2D eigenvalue weighted by Gasteiger charge is 2.36. The zero-order chi connectivity index (χ0) is 28.9. The number of ether oxygens (including phenoxy) is 2. The van der Waals surface area contributed by atoms with E-state index in [9.17, 15) is 23.2 Å². The molecule has 0 radical (unpaired) electrons. The second kappa shape index (κ2) is 12.1. The number of aryl methyl sites for hydroxylation is 2. The molecule has 5 nitrogen and oxygen atoms in total. The van der Waals surface area contributed by atoms with Crippen LogP contribution in [0.5, 0.6) is 17.2 Å². The maximum atomic E-state index is 13.9. The van der Waals surface area contributed by atoms with Crippen LogP contribution >= 0.6 is 0 Å². The summed E-state index contributed by atoms with van der Waals surface area (Å²) in [5, 5.41) is 9.47. The molecule has 4 rings (SSSR count). The van der Waals surface area contributed by atoms with E-state index in [2.05, 4.69) is 6.92 Å². The Labute approximate surface area is 231 Å². The summed E-state index contributed by atoms with van der Waals surface area (Å²) < 4.78 is 54.4. The van der Waals surface area contributed by atoms with Crippen LogP contribution in [0.25, 0.3) is 11.3 Å². The van der Waals surface area contributed by atoms with E-state index in [1.54, 1.807) is 48.5 Å². The minimum absolute atomic E-state index is 0.0119. The molecule has 3 aromatic carbocycles. The summed E-state index contributed by atoms with van der Waals surface area (Å²) in [4.78, 5) is 13.3. The summed E-state index contributed by atoms with van der Waals surface area (Å²) in [5.74, 6) is 1.77. The molecule has 0 unspecified atom stereocenters. The molecule has 0 bridgehead atoms. The highest BCUT2D eigenvalue weighted by atomic mass is 19.4. The normalized spacial score (nSPS) is 11.2. The molecule has 0 aliphatic carbocycles. The maximum Gasteiger partial charge on any atom is 0.417 e. The molecule has 0 aliphatic rings. The molecule has 206 valence electrons. The minimum Gasteiger partial charge on any atom is -0.494 e. The molecule has 0 amide bonds. The van der Waals surface area contributed by atoms with E-state index in [0.29, 0.717) is 23.7 Å². The van der Waals surface area contributed by atoms with E-state index in [-0.39, 0.29) is 12.2 Å². The Morgan fingerprint density at radius 3 is 2.10 bits per heavy atom. The number of unbranched alkanes of at least 4 members (excludes halogenated alkanes) is 1. The second-order valence-electron chi connectivity index (χ2n) is 9.55. The molecule has 1 aromatic heterocycles. The van der Waals surface area contributed by atoms with Crippen molar-refractivity contribution in [1.82, 2.24) is 4.57 Å². The number of nitrogens with zero attached hydrogens (tertiary/aromatic N) is 2. The van der Waals surface area contributed by atoms with Gasteiger partial charge in [0.15, 0.2) is 0 Å². The van der Waals surface area contributed by atoms with Crippen LogP contribution in [0.2, 0.25) is 0 Å². The maximum absolute atomic E-state index is 13.9. The molecule has 1 heterocycles. The zero-order valence-corrected chi connectivity index (χ0v) is 22.5. The highest BCUT2D eigenvalue weighted by Crippen LogP contribution is 2.34. The van der Waals surface area contributed by atoms with Crippen LogP contribution in [-0.4, -0.2) is 11.2 Å². The van der Waals surface area contributed by atoms with Gasteiger partial charge in [-0.2, -0.15) is 18.4 Å². The topological polar surface area (TPSA) is 64.2 Å². The summed E-state index contributed by atoms with van der Waals surface area (Å²) in [5.41, 5.74) is -0.0691. The van der Waals surface area contributed by atoms with E-state index in [4.69, 9.17) is 9.47 Å². The first-order valence-corrected chi connectivity index (χ1v) is 12.9. The fourth-order valence-electron chi connectivity index (χ4n) is 4.34. The average molecular weight is 547 g/mol. The smallest absolute Gasteiger partial charge is 0.417 e. The Hall–Kier alpha value is -4.51. The standard InChI is InChI=1S/C32H29F3N2O3/c1-4-5-16-39-25-12-14-27(15-13-25)40-26-10-8-23(9-11-26)30-18-29(32(33,34)35)28(19-36)31(38)37(30)20-24-7-6-21(2)17-22(24)3/h6-15,17-18H,4-5,16,20H2,1-3H3. The number of nitriles is 1. The predicted molar refractivity (Wildman–Crippen MR) is 148 cm³/mol. The molecule has 0 saturated carbocycles. The molecule has 40 heavy (non-hydrogen) atoms. The van der Waals surface area contributed by atoms with Gasteiger partial charge < -0.3 is 14.0 Å². The van der Waals surface area contributed by atoms with Crippen LogP contribution in [0.3, 0.4) is 0 Å². The largest absolute Gasteiger partial charge is 0.494 e. The molecule has 0 spiro atoms. The number of halogens is 3. The average Bonchev–Trinajstić information content (AvgIpc) is 2.92. The van der Waals surface area contributed by atoms with E-state index in [0.717, 1.165) is 41.3 Å². The number of benzene rings is 3. The SMILES string of the molecule is CCCCOc1ccc(Oc2ccc(-c3cc(C(F)(F)F)c(C#N)c(=O)n3Cc3ccc(C)cc3C)cc2)cc1. The Kier molecular flexibility index (Phi) is 8.64. The lowest BCUT2D eigenvalue weighted by Gasteiger charge is -2.19. The van der Waals surface area contributed by atoms with Crippen LogP contribution in [0.4, 0.5) is 13.2 Å². The number of hydrogen-bond donors (Lipinski definition) is 0. The molecular formula is C32H29F3N2O3. The Morgan fingerprint density at radius 1 is 0.900 bits per heavy atom. The van der Waals surface area contributed by atoms with Crippen LogP contribution < -0.4 is 15.0 Å². The van der Waals surface area contributed by atoms with Crippen molar-refractivity contribution in [2.45, 2.75) is 46.3 Å². The molecule has 8 heteroatoms. The third-order valence-corrected chi connectivity index (χ3v) is 6.52. The van der Waals surface area contributed by atoms with Crippen molar-refractivity contribution in [2.24, 2.45) is 0 Å². The number of hydrogen-bond acceptors (Lipinski definition) is 4. The van der Waals surface area contributed by atoms with Crippen LogP contribution in [0.15, 0.2) is 77.6 Å². The van der Waals surface area contributed by atoms with Crippen molar-refractivity contribution in [3.63, 3.8) is 0 Å². The van der Waals surface area contributed by atoms with Gasteiger partial charge in [0.2, 0.25) is 0 Å². The van der Waals surface area contributed by atoms with Gasteiger partial charge >= 0.3 is 6.18 Å². The van der Waals surface area contributed by atoms with Gasteiger partial charge in [0.1, 0.15) is 28.9 Å². The first-order chi connectivity index (χ1) is 19.1. The van der Waals surface area contributed by atoms with Crippen LogP contribution in [0.1, 0.15) is 47.6 Å². The Bertz CT molecular complexity index is 1580. The fourth-order valence-corrected chi connectivity index (χ4v) is 4.34. The number of aromatic nitrogens is 1. The van der Waals surface area contributed by atoms with Crippen molar-refractivity contribution in [3.8, 4) is 34.6 Å². The van der Waals surface area contributed by atoms with Crippen molar-refractivity contribution in [3.05, 3.63) is 111 Å². The highest BCUT2D eigenvalue weighted by molar-refractivity contribution is 5.64. The fraction of sp³-hybridized carbons (Fsp3) is 0.250. The van der Waals surface area contributed by atoms with Gasteiger partial charge in [0.25, 0.3) is 5.56 Å².